The minimum Gasteiger partial charge on any atom is -0.276 e. The molecule has 0 bridgehead atoms. The number of non-ortho nitro benzene ring substituents is 1. The number of nitro benzene ring substituents is 1. The first-order chi connectivity index (χ1) is 10.9. The lowest BCUT2D eigenvalue weighted by Crippen LogP contribution is -2.13. The summed E-state index contributed by atoms with van der Waals surface area (Å²) >= 11 is 3.21. The molecule has 0 saturated carbocycles. The summed E-state index contributed by atoms with van der Waals surface area (Å²) in [6, 6.07) is 10.2. The highest BCUT2D eigenvalue weighted by molar-refractivity contribution is 9.10. The maximum atomic E-state index is 12.4. The van der Waals surface area contributed by atoms with Crippen LogP contribution in [0.4, 0.5) is 11.5 Å². The number of sulfonamides is 1. The number of hydrogen-bond donors (Lipinski definition) is 2. The van der Waals surface area contributed by atoms with Crippen molar-refractivity contribution in [2.24, 2.45) is 0 Å². The van der Waals surface area contributed by atoms with Crippen molar-refractivity contribution >= 4 is 48.4 Å². The van der Waals surface area contributed by atoms with Gasteiger partial charge in [-0.1, -0.05) is 22.0 Å². The SMILES string of the molecule is O=[N+]([O-])c1ccc2[nH]nc(NS(=O)(=O)c3cccc(Br)c3)c2c1. The maximum Gasteiger partial charge on any atom is 0.270 e. The van der Waals surface area contributed by atoms with Crippen LogP contribution in [0.25, 0.3) is 10.9 Å². The maximum absolute atomic E-state index is 12.4. The summed E-state index contributed by atoms with van der Waals surface area (Å²) in [6.45, 7) is 0. The van der Waals surface area contributed by atoms with Gasteiger partial charge in [0, 0.05) is 16.6 Å². The number of aromatic amines is 1. The molecule has 0 saturated heterocycles. The number of benzene rings is 2. The molecule has 8 nitrogen and oxygen atoms in total. The van der Waals surface area contributed by atoms with Crippen LogP contribution < -0.4 is 4.72 Å². The molecule has 1 aromatic heterocycles. The van der Waals surface area contributed by atoms with Crippen molar-refractivity contribution in [3.63, 3.8) is 0 Å². The lowest BCUT2D eigenvalue weighted by Gasteiger charge is -2.06. The van der Waals surface area contributed by atoms with E-state index in [1.165, 1.54) is 30.3 Å². The highest BCUT2D eigenvalue weighted by Crippen LogP contribution is 2.27. The molecule has 1 heterocycles. The molecule has 2 aromatic carbocycles. The van der Waals surface area contributed by atoms with Crippen molar-refractivity contribution in [2.45, 2.75) is 4.90 Å². The lowest BCUT2D eigenvalue weighted by atomic mass is 10.2. The van der Waals surface area contributed by atoms with Crippen LogP contribution in [0.15, 0.2) is 51.8 Å². The Morgan fingerprint density at radius 1 is 1.22 bits per heavy atom. The average molecular weight is 397 g/mol. The van der Waals surface area contributed by atoms with Crippen LogP contribution >= 0.6 is 15.9 Å². The van der Waals surface area contributed by atoms with Gasteiger partial charge >= 0.3 is 0 Å². The normalized spacial score (nSPS) is 11.5. The molecule has 10 heteroatoms. The van der Waals surface area contributed by atoms with E-state index in [0.717, 1.165) is 0 Å². The lowest BCUT2D eigenvalue weighted by molar-refractivity contribution is -0.384. The smallest absolute Gasteiger partial charge is 0.270 e. The van der Waals surface area contributed by atoms with Crippen molar-refractivity contribution in [1.82, 2.24) is 10.2 Å². The summed E-state index contributed by atoms with van der Waals surface area (Å²) < 4.78 is 27.7. The summed E-state index contributed by atoms with van der Waals surface area (Å²) in [4.78, 5) is 10.3. The first-order valence-corrected chi connectivity index (χ1v) is 8.55. The van der Waals surface area contributed by atoms with Gasteiger partial charge in [0.05, 0.1) is 20.7 Å². The van der Waals surface area contributed by atoms with Crippen molar-refractivity contribution in [2.75, 3.05) is 4.72 Å². The number of rotatable bonds is 4. The van der Waals surface area contributed by atoms with Crippen LogP contribution in [0, 0.1) is 10.1 Å². The number of nitrogens with zero attached hydrogens (tertiary/aromatic N) is 2. The highest BCUT2D eigenvalue weighted by atomic mass is 79.9. The van der Waals surface area contributed by atoms with E-state index in [1.807, 2.05) is 0 Å². The number of halogens is 1. The van der Waals surface area contributed by atoms with Crippen LogP contribution in [0.1, 0.15) is 0 Å². The van der Waals surface area contributed by atoms with Crippen LogP contribution in [-0.2, 0) is 10.0 Å². The van der Waals surface area contributed by atoms with E-state index in [9.17, 15) is 18.5 Å². The van der Waals surface area contributed by atoms with E-state index in [-0.39, 0.29) is 16.4 Å². The van der Waals surface area contributed by atoms with E-state index in [4.69, 9.17) is 0 Å². The topological polar surface area (TPSA) is 118 Å². The minimum atomic E-state index is -3.86. The van der Waals surface area contributed by atoms with Crippen LogP contribution in [-0.4, -0.2) is 23.5 Å². The van der Waals surface area contributed by atoms with Gasteiger partial charge in [0.1, 0.15) is 0 Å². The molecule has 0 radical (unpaired) electrons. The van der Waals surface area contributed by atoms with Crippen molar-refractivity contribution in [1.29, 1.82) is 0 Å². The second-order valence-corrected chi connectivity index (χ2v) is 7.22. The van der Waals surface area contributed by atoms with Crippen molar-refractivity contribution in [3.8, 4) is 0 Å². The van der Waals surface area contributed by atoms with Crippen molar-refractivity contribution < 1.29 is 13.3 Å². The first kappa shape index (κ1) is 15.4. The number of aromatic nitrogens is 2. The van der Waals surface area contributed by atoms with E-state index >= 15 is 0 Å². The Balaban J connectivity index is 2.04. The fourth-order valence-corrected chi connectivity index (χ4v) is 3.63. The monoisotopic (exact) mass is 396 g/mol. The van der Waals surface area contributed by atoms with Crippen molar-refractivity contribution in [3.05, 3.63) is 57.1 Å². The Bertz CT molecular complexity index is 1020. The Kier molecular flexibility index (Phi) is 3.78. The van der Waals surface area contributed by atoms with Gasteiger partial charge in [-0.05, 0) is 24.3 Å². The summed E-state index contributed by atoms with van der Waals surface area (Å²) in [6.07, 6.45) is 0. The number of nitrogens with one attached hydrogen (secondary N) is 2. The predicted octanol–water partition coefficient (Wildman–Crippen LogP) is 3.03. The average Bonchev–Trinajstić information content (AvgIpc) is 2.89. The molecule has 0 aliphatic heterocycles. The Morgan fingerprint density at radius 2 is 2.00 bits per heavy atom. The standard InChI is InChI=1S/C13H9BrN4O4S/c14-8-2-1-3-10(6-8)23(21,22)17-13-11-7-9(18(19)20)4-5-12(11)15-16-13/h1-7H,(H2,15,16,17). The molecule has 0 amide bonds. The van der Waals surface area contributed by atoms with Gasteiger partial charge in [0.15, 0.2) is 5.82 Å². The van der Waals surface area contributed by atoms with Gasteiger partial charge in [0.25, 0.3) is 15.7 Å². The van der Waals surface area contributed by atoms with E-state index in [2.05, 4.69) is 30.8 Å². The Morgan fingerprint density at radius 3 is 2.70 bits per heavy atom. The van der Waals surface area contributed by atoms with E-state index < -0.39 is 14.9 Å². The molecule has 0 atom stereocenters. The summed E-state index contributed by atoms with van der Waals surface area (Å²) in [5, 5.41) is 17.7. The van der Waals surface area contributed by atoms with E-state index in [0.29, 0.717) is 15.4 Å². The molecule has 0 fully saturated rings. The zero-order chi connectivity index (χ0) is 16.6. The highest BCUT2D eigenvalue weighted by Gasteiger charge is 2.19. The summed E-state index contributed by atoms with van der Waals surface area (Å²) in [5.41, 5.74) is 0.337. The van der Waals surface area contributed by atoms with Gasteiger partial charge in [0.2, 0.25) is 0 Å². The molecule has 0 spiro atoms. The molecular weight excluding hydrogens is 388 g/mol. The molecule has 3 rings (SSSR count). The minimum absolute atomic E-state index is 0.00340. The summed E-state index contributed by atoms with van der Waals surface area (Å²) in [5.74, 6) is 0.00340. The molecule has 0 aliphatic rings. The Hall–Kier alpha value is -2.46. The third-order valence-corrected chi connectivity index (χ3v) is 4.92. The fraction of sp³-hybridized carbons (Fsp3) is 0. The van der Waals surface area contributed by atoms with Crippen LogP contribution in [0.2, 0.25) is 0 Å². The number of H-pyrrole nitrogens is 1. The second kappa shape index (κ2) is 5.63. The quantitative estimate of drug-likeness (QED) is 0.518. The number of fused-ring (bicyclic) bond motifs is 1. The number of anilines is 1. The third kappa shape index (κ3) is 3.03. The largest absolute Gasteiger partial charge is 0.276 e. The van der Waals surface area contributed by atoms with Gasteiger partial charge in [-0.15, -0.1) is 0 Å². The number of hydrogen-bond acceptors (Lipinski definition) is 5. The molecule has 2 N–H and O–H groups in total. The molecule has 0 unspecified atom stereocenters. The Labute approximate surface area is 138 Å². The van der Waals surface area contributed by atoms with Crippen LogP contribution in [0.3, 0.4) is 0 Å². The molecule has 118 valence electrons. The fourth-order valence-electron chi connectivity index (χ4n) is 2.01. The molecule has 23 heavy (non-hydrogen) atoms. The molecule has 3 aromatic rings. The van der Waals surface area contributed by atoms with Crippen LogP contribution in [0.5, 0.6) is 0 Å². The predicted molar refractivity (Wildman–Crippen MR) is 87.7 cm³/mol. The summed E-state index contributed by atoms with van der Waals surface area (Å²) in [7, 11) is -3.86. The molecular formula is C13H9BrN4O4S. The number of nitro groups is 1. The van der Waals surface area contributed by atoms with E-state index in [1.54, 1.807) is 12.1 Å². The van der Waals surface area contributed by atoms with Gasteiger partial charge in [-0.3, -0.25) is 19.9 Å². The van der Waals surface area contributed by atoms with Gasteiger partial charge in [-0.25, -0.2) is 8.42 Å². The zero-order valence-electron chi connectivity index (χ0n) is 11.4. The first-order valence-electron chi connectivity index (χ1n) is 6.28. The van der Waals surface area contributed by atoms with Gasteiger partial charge < -0.3 is 0 Å². The molecule has 0 aliphatic carbocycles. The zero-order valence-corrected chi connectivity index (χ0v) is 13.8. The van der Waals surface area contributed by atoms with Gasteiger partial charge in [-0.2, -0.15) is 5.10 Å². The second-order valence-electron chi connectivity index (χ2n) is 4.62. The third-order valence-electron chi connectivity index (χ3n) is 3.09.